The zero-order valence-electron chi connectivity index (χ0n) is 9.88. The Hall–Kier alpha value is -1.38. The SMILES string of the molecule is Cc1c(C)c(C(C)C)c2onnc2c1C. The van der Waals surface area contributed by atoms with Crippen molar-refractivity contribution in [2.75, 3.05) is 0 Å². The number of rotatable bonds is 1. The molecule has 2 aromatic rings. The Labute approximate surface area is 89.5 Å². The highest BCUT2D eigenvalue weighted by atomic mass is 16.5. The van der Waals surface area contributed by atoms with Gasteiger partial charge < -0.3 is 4.52 Å². The van der Waals surface area contributed by atoms with Gasteiger partial charge in [-0.2, -0.15) is 0 Å². The number of nitrogens with zero attached hydrogens (tertiary/aromatic N) is 2. The van der Waals surface area contributed by atoms with Crippen molar-refractivity contribution in [3.05, 3.63) is 22.3 Å². The molecule has 3 nitrogen and oxygen atoms in total. The minimum Gasteiger partial charge on any atom is -0.337 e. The predicted molar refractivity (Wildman–Crippen MR) is 60.1 cm³/mol. The smallest absolute Gasteiger partial charge is 0.191 e. The maximum atomic E-state index is 5.27. The Kier molecular flexibility index (Phi) is 2.25. The summed E-state index contributed by atoms with van der Waals surface area (Å²) in [6, 6.07) is 0. The van der Waals surface area contributed by atoms with Gasteiger partial charge in [0.15, 0.2) is 5.58 Å². The summed E-state index contributed by atoms with van der Waals surface area (Å²) >= 11 is 0. The molecule has 0 atom stereocenters. The highest BCUT2D eigenvalue weighted by molar-refractivity contribution is 5.82. The van der Waals surface area contributed by atoms with Crippen molar-refractivity contribution < 1.29 is 4.52 Å². The highest BCUT2D eigenvalue weighted by Gasteiger charge is 2.18. The molecule has 0 amide bonds. The van der Waals surface area contributed by atoms with E-state index in [0.717, 1.165) is 11.1 Å². The van der Waals surface area contributed by atoms with Crippen LogP contribution >= 0.6 is 0 Å². The maximum absolute atomic E-state index is 5.27. The predicted octanol–water partition coefficient (Wildman–Crippen LogP) is 3.27. The van der Waals surface area contributed by atoms with Crippen molar-refractivity contribution in [3.8, 4) is 0 Å². The van der Waals surface area contributed by atoms with Crippen molar-refractivity contribution in [2.45, 2.75) is 40.5 Å². The lowest BCUT2D eigenvalue weighted by Gasteiger charge is -2.13. The molecular weight excluding hydrogens is 188 g/mol. The van der Waals surface area contributed by atoms with E-state index in [-0.39, 0.29) is 0 Å². The zero-order chi connectivity index (χ0) is 11.2. The van der Waals surface area contributed by atoms with E-state index in [1.807, 2.05) is 0 Å². The molecule has 80 valence electrons. The number of aromatic nitrogens is 2. The second-order valence-electron chi connectivity index (χ2n) is 4.39. The van der Waals surface area contributed by atoms with Gasteiger partial charge in [0.05, 0.1) is 0 Å². The molecule has 0 aliphatic carbocycles. The molecule has 0 unspecified atom stereocenters. The lowest BCUT2D eigenvalue weighted by molar-refractivity contribution is 0.421. The minimum absolute atomic E-state index is 0.432. The van der Waals surface area contributed by atoms with Gasteiger partial charge in [0.1, 0.15) is 5.52 Å². The molecule has 0 N–H and O–H groups in total. The molecule has 0 saturated heterocycles. The van der Waals surface area contributed by atoms with Crippen molar-refractivity contribution in [3.63, 3.8) is 0 Å². The molecule has 0 aliphatic heterocycles. The molecule has 1 heterocycles. The van der Waals surface area contributed by atoms with Crippen LogP contribution in [0, 0.1) is 20.8 Å². The first kappa shape index (κ1) is 10.1. The summed E-state index contributed by atoms with van der Waals surface area (Å²) in [5, 5.41) is 7.71. The average molecular weight is 204 g/mol. The molecule has 1 aromatic heterocycles. The number of aryl methyl sites for hydroxylation is 1. The van der Waals surface area contributed by atoms with Gasteiger partial charge in [0, 0.05) is 10.8 Å². The number of hydrogen-bond donors (Lipinski definition) is 0. The van der Waals surface area contributed by atoms with E-state index in [4.69, 9.17) is 4.52 Å². The topological polar surface area (TPSA) is 38.9 Å². The van der Waals surface area contributed by atoms with Gasteiger partial charge in [0.2, 0.25) is 0 Å². The zero-order valence-corrected chi connectivity index (χ0v) is 9.88. The molecule has 0 aliphatic rings. The summed E-state index contributed by atoms with van der Waals surface area (Å²) in [5.74, 6) is 0.432. The van der Waals surface area contributed by atoms with Crippen LogP contribution in [0.15, 0.2) is 4.52 Å². The number of benzene rings is 1. The first-order valence-electron chi connectivity index (χ1n) is 5.25. The molecule has 3 heteroatoms. The van der Waals surface area contributed by atoms with Crippen molar-refractivity contribution in [2.24, 2.45) is 0 Å². The van der Waals surface area contributed by atoms with E-state index in [1.54, 1.807) is 0 Å². The summed E-state index contributed by atoms with van der Waals surface area (Å²) < 4.78 is 5.27. The Morgan fingerprint density at radius 1 is 1.00 bits per heavy atom. The number of fused-ring (bicyclic) bond motifs is 1. The fourth-order valence-corrected chi connectivity index (χ4v) is 2.14. The summed E-state index contributed by atoms with van der Waals surface area (Å²) in [6.45, 7) is 10.7. The van der Waals surface area contributed by atoms with E-state index < -0.39 is 0 Å². The van der Waals surface area contributed by atoms with E-state index in [2.05, 4.69) is 45.0 Å². The third-order valence-electron chi connectivity index (χ3n) is 3.19. The average Bonchev–Trinajstić information content (AvgIpc) is 2.62. The summed E-state index contributed by atoms with van der Waals surface area (Å²) in [4.78, 5) is 0. The first-order chi connectivity index (χ1) is 7.04. The van der Waals surface area contributed by atoms with Crippen LogP contribution in [0.25, 0.3) is 11.1 Å². The van der Waals surface area contributed by atoms with Gasteiger partial charge in [-0.3, -0.25) is 0 Å². The maximum Gasteiger partial charge on any atom is 0.191 e. The normalized spacial score (nSPS) is 11.6. The highest BCUT2D eigenvalue weighted by Crippen LogP contribution is 2.32. The van der Waals surface area contributed by atoms with Crippen LogP contribution in [0.4, 0.5) is 0 Å². The van der Waals surface area contributed by atoms with Gasteiger partial charge in [-0.05, 0) is 43.4 Å². The lowest BCUT2D eigenvalue weighted by atomic mass is 9.91. The van der Waals surface area contributed by atoms with E-state index in [0.29, 0.717) is 5.92 Å². The fourth-order valence-electron chi connectivity index (χ4n) is 2.14. The summed E-state index contributed by atoms with van der Waals surface area (Å²) in [5.41, 5.74) is 6.76. The monoisotopic (exact) mass is 204 g/mol. The van der Waals surface area contributed by atoms with E-state index >= 15 is 0 Å². The third kappa shape index (κ3) is 1.34. The van der Waals surface area contributed by atoms with Crippen LogP contribution < -0.4 is 0 Å². The number of hydrogen-bond acceptors (Lipinski definition) is 3. The standard InChI is InChI=1S/C12H16N2O/c1-6(2)10-8(4)7(3)9(5)11-12(10)15-14-13-11/h6H,1-5H3. The Morgan fingerprint density at radius 3 is 2.27 bits per heavy atom. The second kappa shape index (κ2) is 3.33. The van der Waals surface area contributed by atoms with Crippen LogP contribution in [0.1, 0.15) is 42.0 Å². The van der Waals surface area contributed by atoms with Gasteiger partial charge in [0.25, 0.3) is 0 Å². The van der Waals surface area contributed by atoms with Crippen molar-refractivity contribution >= 4 is 11.1 Å². The minimum atomic E-state index is 0.432. The molecule has 2 rings (SSSR count). The Balaban J connectivity index is 2.94. The molecule has 0 bridgehead atoms. The molecule has 15 heavy (non-hydrogen) atoms. The van der Waals surface area contributed by atoms with Crippen molar-refractivity contribution in [1.29, 1.82) is 0 Å². The first-order valence-corrected chi connectivity index (χ1v) is 5.25. The van der Waals surface area contributed by atoms with Gasteiger partial charge in [-0.1, -0.05) is 13.8 Å². The van der Waals surface area contributed by atoms with Crippen LogP contribution in [0.5, 0.6) is 0 Å². The molecule has 0 fully saturated rings. The summed E-state index contributed by atoms with van der Waals surface area (Å²) in [7, 11) is 0. The van der Waals surface area contributed by atoms with Crippen LogP contribution in [0.2, 0.25) is 0 Å². The molecule has 1 aromatic carbocycles. The lowest BCUT2D eigenvalue weighted by Crippen LogP contribution is -1.98. The van der Waals surface area contributed by atoms with Crippen LogP contribution in [0.3, 0.4) is 0 Å². The van der Waals surface area contributed by atoms with Gasteiger partial charge in [-0.15, -0.1) is 5.10 Å². The van der Waals surface area contributed by atoms with E-state index in [9.17, 15) is 0 Å². The molecule has 0 saturated carbocycles. The molecule has 0 radical (unpaired) electrons. The largest absolute Gasteiger partial charge is 0.337 e. The summed E-state index contributed by atoms with van der Waals surface area (Å²) in [6.07, 6.45) is 0. The third-order valence-corrected chi connectivity index (χ3v) is 3.19. The van der Waals surface area contributed by atoms with Gasteiger partial charge >= 0.3 is 0 Å². The van der Waals surface area contributed by atoms with Gasteiger partial charge in [-0.25, -0.2) is 0 Å². The Morgan fingerprint density at radius 2 is 1.67 bits per heavy atom. The molecular formula is C12H16N2O. The van der Waals surface area contributed by atoms with E-state index in [1.165, 1.54) is 22.3 Å². The molecule has 0 spiro atoms. The second-order valence-corrected chi connectivity index (χ2v) is 4.39. The quantitative estimate of drug-likeness (QED) is 0.715. The van der Waals surface area contributed by atoms with Crippen molar-refractivity contribution in [1.82, 2.24) is 10.4 Å². The Bertz CT molecular complexity index is 512. The van der Waals surface area contributed by atoms with Crippen LogP contribution in [-0.4, -0.2) is 10.4 Å². The fraction of sp³-hybridized carbons (Fsp3) is 0.500. The van der Waals surface area contributed by atoms with Crippen LogP contribution in [-0.2, 0) is 0 Å².